The molecule has 0 saturated heterocycles. The van der Waals surface area contributed by atoms with Crippen LogP contribution in [0.25, 0.3) is 0 Å². The van der Waals surface area contributed by atoms with Crippen molar-refractivity contribution < 1.29 is 0 Å². The Morgan fingerprint density at radius 2 is 2.04 bits per heavy atom. The average Bonchev–Trinajstić information content (AvgIpc) is 2.55. The second-order valence-electron chi connectivity index (χ2n) is 7.81. The summed E-state index contributed by atoms with van der Waals surface area (Å²) in [5, 5.41) is 0. The van der Waals surface area contributed by atoms with E-state index in [9.17, 15) is 0 Å². The molecule has 2 rings (SSSR count). The van der Waals surface area contributed by atoms with Gasteiger partial charge in [0.1, 0.15) is 5.82 Å². The number of pyridine rings is 1. The molecule has 23 heavy (non-hydrogen) atoms. The molecule has 0 unspecified atom stereocenters. The smallest absolute Gasteiger partial charge is 0.131 e. The van der Waals surface area contributed by atoms with Crippen molar-refractivity contribution in [3.63, 3.8) is 0 Å². The first-order chi connectivity index (χ1) is 10.9. The molecule has 1 aromatic heterocycles. The molecular formula is C21H34N2. The van der Waals surface area contributed by atoms with Crippen LogP contribution in [0.4, 0.5) is 5.82 Å². The molecule has 0 aliphatic heterocycles. The van der Waals surface area contributed by atoms with Gasteiger partial charge in [-0.3, -0.25) is 0 Å². The topological polar surface area (TPSA) is 16.1 Å². The van der Waals surface area contributed by atoms with E-state index < -0.39 is 0 Å². The molecule has 1 aromatic rings. The lowest BCUT2D eigenvalue weighted by molar-refractivity contribution is -0.0327. The van der Waals surface area contributed by atoms with Gasteiger partial charge in [-0.05, 0) is 48.1 Å². The molecular weight excluding hydrogens is 280 g/mol. The van der Waals surface area contributed by atoms with Crippen molar-refractivity contribution in [2.45, 2.75) is 72.3 Å². The van der Waals surface area contributed by atoms with Gasteiger partial charge >= 0.3 is 0 Å². The number of nitrogens with zero attached hydrogens (tertiary/aromatic N) is 2. The Bertz CT molecular complexity index is 524. The highest BCUT2D eigenvalue weighted by Gasteiger charge is 2.52. The normalized spacial score (nSPS) is 24.1. The van der Waals surface area contributed by atoms with Crippen molar-refractivity contribution in [1.82, 2.24) is 4.98 Å². The van der Waals surface area contributed by atoms with Crippen LogP contribution < -0.4 is 4.90 Å². The summed E-state index contributed by atoms with van der Waals surface area (Å²) in [6, 6.07) is 4.88. The van der Waals surface area contributed by atoms with Crippen molar-refractivity contribution in [2.24, 2.45) is 10.8 Å². The quantitative estimate of drug-likeness (QED) is 0.578. The Morgan fingerprint density at radius 1 is 1.39 bits per heavy atom. The summed E-state index contributed by atoms with van der Waals surface area (Å²) in [5.41, 5.74) is 2.27. The zero-order valence-corrected chi connectivity index (χ0v) is 15.7. The van der Waals surface area contributed by atoms with E-state index in [1.807, 2.05) is 18.3 Å². The average molecular weight is 315 g/mol. The minimum absolute atomic E-state index is 0.458. The van der Waals surface area contributed by atoms with E-state index in [0.29, 0.717) is 16.9 Å². The Labute approximate surface area is 143 Å². The van der Waals surface area contributed by atoms with Crippen molar-refractivity contribution in [3.8, 4) is 0 Å². The first kappa shape index (κ1) is 18.0. The van der Waals surface area contributed by atoms with Crippen LogP contribution in [0.5, 0.6) is 0 Å². The first-order valence-electron chi connectivity index (χ1n) is 9.18. The molecule has 0 bridgehead atoms. The zero-order chi connectivity index (χ0) is 17.1. The fraction of sp³-hybridized carbons (Fsp3) is 0.667. The molecule has 1 heterocycles. The van der Waals surface area contributed by atoms with Gasteiger partial charge in [0.25, 0.3) is 0 Å². The standard InChI is InChI=1S/C21H34N2/c1-7-10-12-17-13-11-14-22-19(17)23(6)18-15-21(5,16-18)20(4,8-2)9-3/h7,11,13-14,18H,1,8-10,12,15-16H2,2-6H3. The summed E-state index contributed by atoms with van der Waals surface area (Å²) in [6.07, 6.45) is 11.0. The van der Waals surface area contributed by atoms with Crippen molar-refractivity contribution in [3.05, 3.63) is 36.5 Å². The van der Waals surface area contributed by atoms with Crippen LogP contribution in [-0.4, -0.2) is 18.1 Å². The lowest BCUT2D eigenvalue weighted by atomic mass is 9.51. The third-order valence-corrected chi connectivity index (χ3v) is 6.76. The predicted octanol–water partition coefficient (Wildman–Crippen LogP) is 5.63. The number of hydrogen-bond donors (Lipinski definition) is 0. The maximum Gasteiger partial charge on any atom is 0.131 e. The van der Waals surface area contributed by atoms with Crippen LogP contribution >= 0.6 is 0 Å². The van der Waals surface area contributed by atoms with Gasteiger partial charge in [0.2, 0.25) is 0 Å². The van der Waals surface area contributed by atoms with Gasteiger partial charge in [0.15, 0.2) is 0 Å². The van der Waals surface area contributed by atoms with Crippen LogP contribution in [-0.2, 0) is 6.42 Å². The molecule has 1 aliphatic carbocycles. The van der Waals surface area contributed by atoms with E-state index in [1.165, 1.54) is 31.2 Å². The van der Waals surface area contributed by atoms with Gasteiger partial charge in [-0.2, -0.15) is 0 Å². The molecule has 1 fully saturated rings. The molecule has 0 radical (unpaired) electrons. The van der Waals surface area contributed by atoms with Gasteiger partial charge in [-0.25, -0.2) is 4.98 Å². The maximum absolute atomic E-state index is 4.68. The van der Waals surface area contributed by atoms with E-state index in [-0.39, 0.29) is 0 Å². The van der Waals surface area contributed by atoms with E-state index in [4.69, 9.17) is 0 Å². The highest BCUT2D eigenvalue weighted by molar-refractivity contribution is 5.48. The molecule has 0 aromatic carbocycles. The molecule has 0 amide bonds. The predicted molar refractivity (Wildman–Crippen MR) is 101 cm³/mol. The Morgan fingerprint density at radius 3 is 2.61 bits per heavy atom. The maximum atomic E-state index is 4.68. The van der Waals surface area contributed by atoms with Crippen molar-refractivity contribution in [2.75, 3.05) is 11.9 Å². The fourth-order valence-electron chi connectivity index (χ4n) is 4.22. The number of aryl methyl sites for hydroxylation is 1. The Balaban J connectivity index is 2.10. The van der Waals surface area contributed by atoms with Gasteiger partial charge in [0.05, 0.1) is 0 Å². The molecule has 0 N–H and O–H groups in total. The minimum atomic E-state index is 0.458. The van der Waals surface area contributed by atoms with Crippen molar-refractivity contribution in [1.29, 1.82) is 0 Å². The Hall–Kier alpha value is -1.31. The van der Waals surface area contributed by atoms with Crippen LogP contribution in [0.2, 0.25) is 0 Å². The third kappa shape index (κ3) is 3.32. The summed E-state index contributed by atoms with van der Waals surface area (Å²) >= 11 is 0. The number of allylic oxidation sites excluding steroid dienone is 1. The number of hydrogen-bond acceptors (Lipinski definition) is 2. The highest BCUT2D eigenvalue weighted by atomic mass is 15.2. The van der Waals surface area contributed by atoms with E-state index in [2.05, 4.69) is 57.3 Å². The zero-order valence-electron chi connectivity index (χ0n) is 15.7. The number of aromatic nitrogens is 1. The molecule has 0 spiro atoms. The van der Waals surface area contributed by atoms with Gasteiger partial charge in [-0.1, -0.05) is 52.7 Å². The Kier molecular flexibility index (Phi) is 5.54. The summed E-state index contributed by atoms with van der Waals surface area (Å²) in [6.45, 7) is 13.5. The SMILES string of the molecule is C=CCCc1cccnc1N(C)C1CC(C)(C(C)(CC)CC)C1. The molecule has 2 heteroatoms. The van der Waals surface area contributed by atoms with Crippen LogP contribution in [0.1, 0.15) is 65.4 Å². The van der Waals surface area contributed by atoms with E-state index in [1.54, 1.807) is 0 Å². The fourth-order valence-corrected chi connectivity index (χ4v) is 4.22. The second-order valence-corrected chi connectivity index (χ2v) is 7.81. The molecule has 1 aliphatic rings. The van der Waals surface area contributed by atoms with E-state index in [0.717, 1.165) is 18.7 Å². The first-order valence-corrected chi connectivity index (χ1v) is 9.18. The third-order valence-electron chi connectivity index (χ3n) is 6.76. The van der Waals surface area contributed by atoms with Gasteiger partial charge in [-0.15, -0.1) is 6.58 Å². The van der Waals surface area contributed by atoms with Crippen LogP contribution in [0.3, 0.4) is 0 Å². The van der Waals surface area contributed by atoms with Gasteiger partial charge in [0, 0.05) is 19.3 Å². The summed E-state index contributed by atoms with van der Waals surface area (Å²) < 4.78 is 0. The molecule has 1 saturated carbocycles. The highest BCUT2D eigenvalue weighted by Crippen LogP contribution is 2.58. The summed E-state index contributed by atoms with van der Waals surface area (Å²) in [4.78, 5) is 7.10. The number of anilines is 1. The molecule has 0 atom stereocenters. The monoisotopic (exact) mass is 314 g/mol. The lowest BCUT2D eigenvalue weighted by Gasteiger charge is -2.58. The molecule has 2 nitrogen and oxygen atoms in total. The largest absolute Gasteiger partial charge is 0.356 e. The minimum Gasteiger partial charge on any atom is -0.356 e. The molecule has 128 valence electrons. The van der Waals surface area contributed by atoms with Gasteiger partial charge < -0.3 is 4.90 Å². The lowest BCUT2D eigenvalue weighted by Crippen LogP contribution is -2.55. The van der Waals surface area contributed by atoms with E-state index >= 15 is 0 Å². The second kappa shape index (κ2) is 7.07. The van der Waals surface area contributed by atoms with Crippen LogP contribution in [0, 0.1) is 10.8 Å². The summed E-state index contributed by atoms with van der Waals surface area (Å²) in [7, 11) is 2.22. The van der Waals surface area contributed by atoms with Crippen molar-refractivity contribution >= 4 is 5.82 Å². The summed E-state index contributed by atoms with van der Waals surface area (Å²) in [5.74, 6) is 1.16. The number of rotatable bonds is 8. The van der Waals surface area contributed by atoms with Crippen LogP contribution in [0.15, 0.2) is 31.0 Å².